The van der Waals surface area contributed by atoms with Crippen molar-refractivity contribution < 1.29 is 14.2 Å². The summed E-state index contributed by atoms with van der Waals surface area (Å²) in [5.41, 5.74) is 2.52. The number of hydrogen-bond acceptors (Lipinski definition) is 3. The third-order valence-corrected chi connectivity index (χ3v) is 3.06. The molecule has 2 fully saturated rings. The van der Waals surface area contributed by atoms with Crippen molar-refractivity contribution in [3.05, 3.63) is 41.5 Å². The maximum Gasteiger partial charge on any atom is 0.104 e. The number of ether oxygens (including phenoxy) is 3. The Bertz CT molecular complexity index is 405. The van der Waals surface area contributed by atoms with Crippen LogP contribution >= 0.6 is 0 Å². The minimum atomic E-state index is 0.333. The first kappa shape index (κ1) is 11.9. The van der Waals surface area contributed by atoms with Crippen LogP contribution in [0.25, 0.3) is 6.08 Å². The molecule has 0 aliphatic carbocycles. The summed E-state index contributed by atoms with van der Waals surface area (Å²) in [6.07, 6.45) is 3.91. The SMILES string of the molecule is C(=C(COCC1CO1)CC1CO1)c1ccccc1. The summed E-state index contributed by atoms with van der Waals surface area (Å²) in [6.45, 7) is 3.12. The normalized spacial score (nSPS) is 26.1. The van der Waals surface area contributed by atoms with Crippen LogP contribution in [-0.4, -0.2) is 38.6 Å². The maximum absolute atomic E-state index is 5.67. The van der Waals surface area contributed by atoms with E-state index in [1.165, 1.54) is 11.1 Å². The first-order chi connectivity index (χ1) is 8.90. The summed E-state index contributed by atoms with van der Waals surface area (Å²) in [5, 5.41) is 0. The molecule has 0 amide bonds. The molecule has 0 radical (unpaired) electrons. The lowest BCUT2D eigenvalue weighted by molar-refractivity contribution is 0.133. The third-order valence-electron chi connectivity index (χ3n) is 3.06. The molecule has 1 aromatic rings. The molecule has 3 heteroatoms. The van der Waals surface area contributed by atoms with Gasteiger partial charge in [-0.05, 0) is 17.6 Å². The Morgan fingerprint density at radius 3 is 2.56 bits per heavy atom. The summed E-state index contributed by atoms with van der Waals surface area (Å²) in [5.74, 6) is 0. The molecule has 2 unspecified atom stereocenters. The molecule has 1 aromatic carbocycles. The average Bonchev–Trinajstić information content (AvgIpc) is 3.25. The quantitative estimate of drug-likeness (QED) is 0.692. The van der Waals surface area contributed by atoms with E-state index in [4.69, 9.17) is 14.2 Å². The minimum absolute atomic E-state index is 0.333. The predicted molar refractivity (Wildman–Crippen MR) is 69.3 cm³/mol. The Morgan fingerprint density at radius 1 is 1.17 bits per heavy atom. The molecule has 0 bridgehead atoms. The molecule has 0 aromatic heterocycles. The first-order valence-corrected chi connectivity index (χ1v) is 6.45. The monoisotopic (exact) mass is 246 g/mol. The fraction of sp³-hybridized carbons (Fsp3) is 0.467. The van der Waals surface area contributed by atoms with E-state index in [9.17, 15) is 0 Å². The van der Waals surface area contributed by atoms with E-state index in [1.807, 2.05) is 6.07 Å². The van der Waals surface area contributed by atoms with Crippen LogP contribution in [0.2, 0.25) is 0 Å². The van der Waals surface area contributed by atoms with E-state index in [2.05, 4.69) is 30.3 Å². The Morgan fingerprint density at radius 2 is 1.89 bits per heavy atom. The van der Waals surface area contributed by atoms with Crippen LogP contribution in [0.3, 0.4) is 0 Å². The van der Waals surface area contributed by atoms with E-state index in [0.717, 1.165) is 19.6 Å². The Kier molecular flexibility index (Phi) is 3.74. The molecule has 0 saturated carbocycles. The number of hydrogen-bond donors (Lipinski definition) is 0. The van der Waals surface area contributed by atoms with E-state index < -0.39 is 0 Å². The minimum Gasteiger partial charge on any atom is -0.374 e. The highest BCUT2D eigenvalue weighted by molar-refractivity contribution is 5.53. The van der Waals surface area contributed by atoms with Crippen LogP contribution in [0.4, 0.5) is 0 Å². The van der Waals surface area contributed by atoms with Gasteiger partial charge in [0.25, 0.3) is 0 Å². The second-order valence-electron chi connectivity index (χ2n) is 4.84. The van der Waals surface area contributed by atoms with Gasteiger partial charge < -0.3 is 14.2 Å². The van der Waals surface area contributed by atoms with Gasteiger partial charge in [-0.2, -0.15) is 0 Å². The molecule has 2 aliphatic heterocycles. The van der Waals surface area contributed by atoms with Crippen molar-refractivity contribution in [2.24, 2.45) is 0 Å². The van der Waals surface area contributed by atoms with Crippen LogP contribution in [-0.2, 0) is 14.2 Å². The average molecular weight is 246 g/mol. The van der Waals surface area contributed by atoms with Crippen LogP contribution in [0.5, 0.6) is 0 Å². The van der Waals surface area contributed by atoms with Crippen molar-refractivity contribution in [1.82, 2.24) is 0 Å². The molecule has 2 heterocycles. The number of rotatable bonds is 7. The lowest BCUT2D eigenvalue weighted by Gasteiger charge is -2.07. The highest BCUT2D eigenvalue weighted by Crippen LogP contribution is 2.21. The van der Waals surface area contributed by atoms with Crippen molar-refractivity contribution in [3.8, 4) is 0 Å². The van der Waals surface area contributed by atoms with Gasteiger partial charge in [0.2, 0.25) is 0 Å². The lowest BCUT2D eigenvalue weighted by Crippen LogP contribution is -2.06. The van der Waals surface area contributed by atoms with Gasteiger partial charge in [0.15, 0.2) is 0 Å². The molecule has 3 rings (SSSR count). The third kappa shape index (κ3) is 3.95. The summed E-state index contributed by atoms with van der Waals surface area (Å²) in [6, 6.07) is 10.4. The van der Waals surface area contributed by atoms with Crippen LogP contribution in [0, 0.1) is 0 Å². The van der Waals surface area contributed by atoms with Gasteiger partial charge in [-0.25, -0.2) is 0 Å². The predicted octanol–water partition coefficient (Wildman–Crippen LogP) is 2.27. The van der Waals surface area contributed by atoms with Gasteiger partial charge in [-0.1, -0.05) is 36.4 Å². The molecule has 96 valence electrons. The summed E-state index contributed by atoms with van der Waals surface area (Å²) in [4.78, 5) is 0. The topological polar surface area (TPSA) is 34.3 Å². The second kappa shape index (κ2) is 5.65. The van der Waals surface area contributed by atoms with Gasteiger partial charge in [0.05, 0.1) is 32.5 Å². The molecule has 0 N–H and O–H groups in total. The van der Waals surface area contributed by atoms with Crippen LogP contribution in [0.15, 0.2) is 35.9 Å². The van der Waals surface area contributed by atoms with E-state index >= 15 is 0 Å². The Labute approximate surface area is 107 Å². The fourth-order valence-corrected chi connectivity index (χ4v) is 1.91. The van der Waals surface area contributed by atoms with Crippen molar-refractivity contribution >= 4 is 6.08 Å². The van der Waals surface area contributed by atoms with E-state index in [0.29, 0.717) is 25.4 Å². The molecule has 3 nitrogen and oxygen atoms in total. The lowest BCUT2D eigenvalue weighted by atomic mass is 10.1. The molecule has 2 aliphatic rings. The van der Waals surface area contributed by atoms with Gasteiger partial charge in [-0.15, -0.1) is 0 Å². The van der Waals surface area contributed by atoms with Crippen LogP contribution in [0.1, 0.15) is 12.0 Å². The smallest absolute Gasteiger partial charge is 0.104 e. The molecule has 0 spiro atoms. The van der Waals surface area contributed by atoms with Crippen molar-refractivity contribution in [2.45, 2.75) is 18.6 Å². The Hall–Kier alpha value is -1.16. The van der Waals surface area contributed by atoms with Crippen molar-refractivity contribution in [2.75, 3.05) is 26.4 Å². The first-order valence-electron chi connectivity index (χ1n) is 6.45. The van der Waals surface area contributed by atoms with Gasteiger partial charge >= 0.3 is 0 Å². The van der Waals surface area contributed by atoms with Gasteiger partial charge in [0, 0.05) is 0 Å². The van der Waals surface area contributed by atoms with Crippen LogP contribution < -0.4 is 0 Å². The summed E-state index contributed by atoms with van der Waals surface area (Å²) >= 11 is 0. The second-order valence-corrected chi connectivity index (χ2v) is 4.84. The summed E-state index contributed by atoms with van der Waals surface area (Å²) < 4.78 is 16.1. The molecule has 2 atom stereocenters. The highest BCUT2D eigenvalue weighted by atomic mass is 16.6. The van der Waals surface area contributed by atoms with Gasteiger partial charge in [0.1, 0.15) is 6.10 Å². The standard InChI is InChI=1S/C15H18O3/c1-2-4-12(5-3-1)6-13(7-14-10-17-14)8-16-9-15-11-18-15/h1-6,14-15H,7-11H2. The summed E-state index contributed by atoms with van der Waals surface area (Å²) in [7, 11) is 0. The molecular weight excluding hydrogens is 228 g/mol. The van der Waals surface area contributed by atoms with E-state index in [1.54, 1.807) is 0 Å². The van der Waals surface area contributed by atoms with E-state index in [-0.39, 0.29) is 0 Å². The Balaban J connectivity index is 1.57. The molecule has 2 saturated heterocycles. The molecule has 18 heavy (non-hydrogen) atoms. The number of epoxide rings is 2. The van der Waals surface area contributed by atoms with Crippen molar-refractivity contribution in [3.63, 3.8) is 0 Å². The van der Waals surface area contributed by atoms with Crippen molar-refractivity contribution in [1.29, 1.82) is 0 Å². The highest BCUT2D eigenvalue weighted by Gasteiger charge is 2.25. The number of benzene rings is 1. The van der Waals surface area contributed by atoms with Gasteiger partial charge in [-0.3, -0.25) is 0 Å². The zero-order chi connectivity index (χ0) is 12.2. The maximum atomic E-state index is 5.67. The fourth-order valence-electron chi connectivity index (χ4n) is 1.91. The zero-order valence-electron chi connectivity index (χ0n) is 10.4. The molecular formula is C15H18O3. The largest absolute Gasteiger partial charge is 0.374 e. The zero-order valence-corrected chi connectivity index (χ0v) is 10.4.